The van der Waals surface area contributed by atoms with Crippen LogP contribution in [0.1, 0.15) is 83.8 Å². The third-order valence-electron chi connectivity index (χ3n) is 8.55. The lowest BCUT2D eigenvalue weighted by atomic mass is 9.76. The number of hydrogen-bond acceptors (Lipinski definition) is 10. The smallest absolute Gasteiger partial charge is 0.408 e. The monoisotopic (exact) mass is 673 g/mol. The van der Waals surface area contributed by atoms with Crippen molar-refractivity contribution < 1.29 is 49.4 Å². The fraction of sp³-hybridized carbons (Fsp3) is 0.556. The fourth-order valence-corrected chi connectivity index (χ4v) is 6.22. The zero-order valence-corrected chi connectivity index (χ0v) is 24.4. The standard InChI is InChI=1S/C27H26F7N9O4/c1-12-39-40-18(46-12)9-25(8-16(27(32,33)34)37-24(25)45)7-13-6-17-36-15(11-43(17)35-10-13)19(14-2-4-26(30,31)5-3-14)38-23(44)21-20(22(28)29)41-47-42-21/h6,10-11,14,16,19,22H,2-5,7-9H2,1H3,(H,37,45)(H,38,44)/t16-,19-,25-/m0/s1. The highest BCUT2D eigenvalue weighted by Crippen LogP contribution is 2.43. The first kappa shape index (κ1) is 32.3. The van der Waals surface area contributed by atoms with Gasteiger partial charge < -0.3 is 15.1 Å². The highest BCUT2D eigenvalue weighted by atomic mass is 19.4. The van der Waals surface area contributed by atoms with E-state index in [0.717, 1.165) is 0 Å². The van der Waals surface area contributed by atoms with Gasteiger partial charge in [0.25, 0.3) is 12.3 Å². The summed E-state index contributed by atoms with van der Waals surface area (Å²) in [5.41, 5.74) is -2.76. The number of fused-ring (bicyclic) bond motifs is 1. The largest absolute Gasteiger partial charge is 0.426 e. The predicted octanol–water partition coefficient (Wildman–Crippen LogP) is 4.26. The van der Waals surface area contributed by atoms with Crippen LogP contribution in [0.5, 0.6) is 0 Å². The van der Waals surface area contributed by atoms with Crippen LogP contribution in [0.15, 0.2) is 27.5 Å². The van der Waals surface area contributed by atoms with Crippen LogP contribution in [0.4, 0.5) is 30.7 Å². The van der Waals surface area contributed by atoms with Gasteiger partial charge in [-0.15, -0.1) is 10.2 Å². The summed E-state index contributed by atoms with van der Waals surface area (Å²) in [6, 6.07) is -1.67. The van der Waals surface area contributed by atoms with Crippen molar-refractivity contribution in [2.45, 2.75) is 82.5 Å². The predicted molar refractivity (Wildman–Crippen MR) is 141 cm³/mol. The van der Waals surface area contributed by atoms with E-state index in [4.69, 9.17) is 4.42 Å². The molecule has 6 rings (SSSR count). The SMILES string of the molecule is Cc1nnc(C[C@]2(Cc3cnn4cc([C@@H](NC(=O)c5nonc5C(F)F)C5CCC(F)(F)CC5)nc4c3)C[C@@H](C(F)(F)F)NC2=O)o1. The highest BCUT2D eigenvalue weighted by Gasteiger charge is 2.56. The number of carbonyl (C=O) groups excluding carboxylic acids is 2. The molecule has 0 bridgehead atoms. The molecule has 2 amide bonds. The van der Waals surface area contributed by atoms with Gasteiger partial charge in [-0.05, 0) is 53.5 Å². The number of halogens is 7. The molecule has 252 valence electrons. The second kappa shape index (κ2) is 11.9. The summed E-state index contributed by atoms with van der Waals surface area (Å²) in [5.74, 6) is -5.29. The Morgan fingerprint density at radius 3 is 2.55 bits per heavy atom. The summed E-state index contributed by atoms with van der Waals surface area (Å²) in [6.45, 7) is 1.50. The second-order valence-corrected chi connectivity index (χ2v) is 11.9. The molecule has 5 heterocycles. The molecule has 1 aliphatic heterocycles. The van der Waals surface area contributed by atoms with E-state index in [0.29, 0.717) is 5.56 Å². The maximum absolute atomic E-state index is 14.0. The molecule has 13 nitrogen and oxygen atoms in total. The molecule has 2 N–H and O–H groups in total. The third-order valence-corrected chi connectivity index (χ3v) is 8.55. The van der Waals surface area contributed by atoms with E-state index < -0.39 is 84.4 Å². The van der Waals surface area contributed by atoms with Crippen molar-refractivity contribution in [2.75, 3.05) is 0 Å². The van der Waals surface area contributed by atoms with Crippen LogP contribution in [0.25, 0.3) is 5.65 Å². The first-order valence-corrected chi connectivity index (χ1v) is 14.4. The molecule has 47 heavy (non-hydrogen) atoms. The number of amides is 2. The number of hydrogen-bond donors (Lipinski definition) is 2. The molecule has 2 fully saturated rings. The summed E-state index contributed by atoms with van der Waals surface area (Å²) in [5, 5.41) is 22.7. The van der Waals surface area contributed by atoms with Crippen LogP contribution in [0.2, 0.25) is 0 Å². The van der Waals surface area contributed by atoms with Crippen LogP contribution in [-0.2, 0) is 17.6 Å². The number of alkyl halides is 7. The van der Waals surface area contributed by atoms with Gasteiger partial charge in [0.2, 0.25) is 29.3 Å². The van der Waals surface area contributed by atoms with Gasteiger partial charge in [-0.25, -0.2) is 31.7 Å². The molecular formula is C27H26F7N9O4. The van der Waals surface area contributed by atoms with E-state index in [1.54, 1.807) is 0 Å². The molecule has 3 atom stereocenters. The minimum Gasteiger partial charge on any atom is -0.426 e. The number of carbonyl (C=O) groups is 2. The molecule has 4 aromatic rings. The van der Waals surface area contributed by atoms with Crippen molar-refractivity contribution in [3.8, 4) is 0 Å². The second-order valence-electron chi connectivity index (χ2n) is 11.9. The van der Waals surface area contributed by atoms with Crippen LogP contribution < -0.4 is 10.6 Å². The Labute approximate surface area is 259 Å². The molecule has 0 aromatic carbocycles. The van der Waals surface area contributed by atoms with Crippen molar-refractivity contribution in [1.82, 2.24) is 45.7 Å². The van der Waals surface area contributed by atoms with Crippen LogP contribution in [0.3, 0.4) is 0 Å². The first-order chi connectivity index (χ1) is 22.1. The van der Waals surface area contributed by atoms with Crippen molar-refractivity contribution in [1.29, 1.82) is 0 Å². The lowest BCUT2D eigenvalue weighted by Crippen LogP contribution is -2.39. The quantitative estimate of drug-likeness (QED) is 0.245. The van der Waals surface area contributed by atoms with Crippen molar-refractivity contribution in [3.63, 3.8) is 0 Å². The maximum atomic E-state index is 14.0. The fourth-order valence-electron chi connectivity index (χ4n) is 6.22. The lowest BCUT2D eigenvalue weighted by molar-refractivity contribution is -0.155. The number of aryl methyl sites for hydroxylation is 1. The van der Waals surface area contributed by atoms with Crippen molar-refractivity contribution >= 4 is 17.5 Å². The normalized spacial score (nSPS) is 22.6. The molecule has 1 aliphatic carbocycles. The van der Waals surface area contributed by atoms with Crippen LogP contribution >= 0.6 is 0 Å². The number of imidazole rings is 1. The average molecular weight is 674 g/mol. The Bertz CT molecular complexity index is 1780. The van der Waals surface area contributed by atoms with Gasteiger partial charge in [0, 0.05) is 26.2 Å². The summed E-state index contributed by atoms with van der Waals surface area (Å²) in [7, 11) is 0. The highest BCUT2D eigenvalue weighted by molar-refractivity contribution is 5.93. The van der Waals surface area contributed by atoms with E-state index >= 15 is 0 Å². The number of nitrogens with zero attached hydrogens (tertiary/aromatic N) is 7. The van der Waals surface area contributed by atoms with Gasteiger partial charge in [0.05, 0.1) is 29.5 Å². The molecular weight excluding hydrogens is 647 g/mol. The summed E-state index contributed by atoms with van der Waals surface area (Å²) >= 11 is 0. The molecule has 20 heteroatoms. The summed E-state index contributed by atoms with van der Waals surface area (Å²) in [4.78, 5) is 30.6. The van der Waals surface area contributed by atoms with E-state index in [9.17, 15) is 40.3 Å². The minimum atomic E-state index is -4.71. The van der Waals surface area contributed by atoms with E-state index in [2.05, 4.69) is 40.5 Å². The van der Waals surface area contributed by atoms with Gasteiger partial charge in [-0.3, -0.25) is 9.59 Å². The molecule has 0 spiro atoms. The maximum Gasteiger partial charge on any atom is 0.408 e. The zero-order valence-electron chi connectivity index (χ0n) is 24.4. The van der Waals surface area contributed by atoms with Gasteiger partial charge >= 0.3 is 6.18 Å². The Kier molecular flexibility index (Phi) is 8.15. The number of aromatic nitrogens is 7. The molecule has 4 aromatic heterocycles. The van der Waals surface area contributed by atoms with E-state index in [1.807, 2.05) is 5.32 Å². The minimum absolute atomic E-state index is 0.0217. The summed E-state index contributed by atoms with van der Waals surface area (Å²) < 4.78 is 107. The van der Waals surface area contributed by atoms with Gasteiger partial charge in [-0.2, -0.15) is 18.3 Å². The van der Waals surface area contributed by atoms with Crippen LogP contribution in [0, 0.1) is 18.3 Å². The average Bonchev–Trinajstić information content (AvgIpc) is 3.78. The molecule has 1 saturated heterocycles. The Hall–Kier alpha value is -4.65. The Morgan fingerprint density at radius 1 is 1.17 bits per heavy atom. The Balaban J connectivity index is 1.31. The number of rotatable bonds is 9. The van der Waals surface area contributed by atoms with Gasteiger partial charge in [0.15, 0.2) is 11.3 Å². The summed E-state index contributed by atoms with van der Waals surface area (Å²) in [6.07, 6.45) is -7.27. The van der Waals surface area contributed by atoms with Crippen molar-refractivity contribution in [3.05, 3.63) is 52.9 Å². The van der Waals surface area contributed by atoms with E-state index in [1.165, 1.54) is 29.9 Å². The first-order valence-electron chi connectivity index (χ1n) is 14.4. The van der Waals surface area contributed by atoms with Crippen molar-refractivity contribution in [2.24, 2.45) is 11.3 Å². The molecule has 2 aliphatic rings. The van der Waals surface area contributed by atoms with Gasteiger partial charge in [0.1, 0.15) is 6.04 Å². The Morgan fingerprint density at radius 2 is 1.91 bits per heavy atom. The van der Waals surface area contributed by atoms with Gasteiger partial charge in [-0.1, -0.05) is 0 Å². The topological polar surface area (TPSA) is 166 Å². The lowest BCUT2D eigenvalue weighted by Gasteiger charge is -2.33. The zero-order chi connectivity index (χ0) is 33.7. The molecule has 0 unspecified atom stereocenters. The van der Waals surface area contributed by atoms with Crippen LogP contribution in [-0.4, -0.2) is 65.1 Å². The third kappa shape index (κ3) is 6.62. The van der Waals surface area contributed by atoms with E-state index in [-0.39, 0.29) is 48.8 Å². The number of nitrogens with one attached hydrogen (secondary N) is 2. The molecule has 1 saturated carbocycles. The molecule has 0 radical (unpaired) electrons.